The van der Waals surface area contributed by atoms with E-state index in [1.165, 1.54) is 0 Å². The third kappa shape index (κ3) is 1.55. The molecule has 3 rings (SSSR count). The number of rotatable bonds is 2. The van der Waals surface area contributed by atoms with Gasteiger partial charge in [-0.1, -0.05) is 18.2 Å². The molecule has 1 atom stereocenters. The van der Waals surface area contributed by atoms with E-state index in [9.17, 15) is 5.11 Å². The summed E-state index contributed by atoms with van der Waals surface area (Å²) >= 11 is 0. The van der Waals surface area contributed by atoms with Crippen molar-refractivity contribution in [3.63, 3.8) is 0 Å². The summed E-state index contributed by atoms with van der Waals surface area (Å²) in [7, 11) is 1.63. The van der Waals surface area contributed by atoms with Gasteiger partial charge in [-0.05, 0) is 25.0 Å². The molecule has 3 heteroatoms. The largest absolute Gasteiger partial charge is 0.496 e. The molecule has 1 aliphatic rings. The fourth-order valence-electron chi connectivity index (χ4n) is 2.81. The number of aliphatic hydroxyl groups is 1. The zero-order chi connectivity index (χ0) is 12.6. The fourth-order valence-corrected chi connectivity index (χ4v) is 2.81. The van der Waals surface area contributed by atoms with Crippen molar-refractivity contribution in [2.45, 2.75) is 24.9 Å². The summed E-state index contributed by atoms with van der Waals surface area (Å²) in [6.07, 6.45) is 4.14. The Hall–Kier alpha value is -1.74. The van der Waals surface area contributed by atoms with Crippen LogP contribution in [-0.4, -0.2) is 12.2 Å². The monoisotopic (exact) mass is 244 g/mol. The van der Waals surface area contributed by atoms with E-state index in [0.29, 0.717) is 12.2 Å². The number of ether oxygens (including phenoxy) is 1. The first-order valence-corrected chi connectivity index (χ1v) is 6.18. The van der Waals surface area contributed by atoms with Crippen molar-refractivity contribution in [2.75, 3.05) is 7.11 Å². The van der Waals surface area contributed by atoms with Gasteiger partial charge in [-0.2, -0.15) is 0 Å². The lowest BCUT2D eigenvalue weighted by molar-refractivity contribution is 0.0564. The van der Waals surface area contributed by atoms with Crippen LogP contribution < -0.4 is 4.74 Å². The molecule has 0 spiro atoms. The van der Waals surface area contributed by atoms with Crippen LogP contribution in [0.25, 0.3) is 0 Å². The number of hydrogen-bond donors (Lipinski definition) is 1. The second kappa shape index (κ2) is 4.18. The Morgan fingerprint density at radius 3 is 2.89 bits per heavy atom. The van der Waals surface area contributed by atoms with E-state index >= 15 is 0 Å². The lowest BCUT2D eigenvalue weighted by atomic mass is 9.77. The standard InChI is InChI=1S/C15H16O3/c1-17-13-6-3-2-5-11(13)15(16)9-4-7-14-12(15)8-10-18-14/h2-3,5-6,8,10,16H,4,7,9H2,1H3. The van der Waals surface area contributed by atoms with Crippen molar-refractivity contribution in [3.8, 4) is 5.75 Å². The smallest absolute Gasteiger partial charge is 0.125 e. The van der Waals surface area contributed by atoms with Gasteiger partial charge < -0.3 is 14.3 Å². The highest BCUT2D eigenvalue weighted by atomic mass is 16.5. The highest BCUT2D eigenvalue weighted by molar-refractivity contribution is 5.46. The number of aryl methyl sites for hydroxylation is 1. The van der Waals surface area contributed by atoms with Crippen molar-refractivity contribution >= 4 is 0 Å². The molecular formula is C15H16O3. The van der Waals surface area contributed by atoms with Crippen molar-refractivity contribution in [1.82, 2.24) is 0 Å². The average molecular weight is 244 g/mol. The van der Waals surface area contributed by atoms with E-state index in [1.807, 2.05) is 30.3 Å². The zero-order valence-corrected chi connectivity index (χ0v) is 10.3. The summed E-state index contributed by atoms with van der Waals surface area (Å²) in [6, 6.07) is 9.48. The molecule has 94 valence electrons. The minimum absolute atomic E-state index is 0.694. The van der Waals surface area contributed by atoms with E-state index in [-0.39, 0.29) is 0 Å². The third-order valence-corrected chi connectivity index (χ3v) is 3.69. The molecule has 0 saturated heterocycles. The number of methoxy groups -OCH3 is 1. The van der Waals surface area contributed by atoms with Gasteiger partial charge in [0.1, 0.15) is 17.1 Å². The van der Waals surface area contributed by atoms with Crippen LogP contribution in [0.4, 0.5) is 0 Å². The summed E-state index contributed by atoms with van der Waals surface area (Å²) in [4.78, 5) is 0. The molecule has 0 fully saturated rings. The molecule has 0 amide bonds. The maximum atomic E-state index is 11.1. The Labute approximate surface area is 106 Å². The topological polar surface area (TPSA) is 42.6 Å². The molecule has 3 nitrogen and oxygen atoms in total. The molecule has 1 heterocycles. The number of fused-ring (bicyclic) bond motifs is 1. The highest BCUT2D eigenvalue weighted by Gasteiger charge is 2.39. The Bertz CT molecular complexity index is 558. The quantitative estimate of drug-likeness (QED) is 0.883. The van der Waals surface area contributed by atoms with Crippen molar-refractivity contribution < 1.29 is 14.3 Å². The van der Waals surface area contributed by atoms with Crippen LogP contribution in [0.5, 0.6) is 5.75 Å². The normalized spacial score (nSPS) is 22.6. The number of furan rings is 1. The van der Waals surface area contributed by atoms with Gasteiger partial charge in [-0.25, -0.2) is 0 Å². The average Bonchev–Trinajstić information content (AvgIpc) is 2.89. The summed E-state index contributed by atoms with van der Waals surface area (Å²) in [6.45, 7) is 0. The second-order valence-corrected chi connectivity index (χ2v) is 4.67. The van der Waals surface area contributed by atoms with Gasteiger partial charge >= 0.3 is 0 Å². The molecule has 0 bridgehead atoms. The zero-order valence-electron chi connectivity index (χ0n) is 10.3. The summed E-state index contributed by atoms with van der Waals surface area (Å²) < 4.78 is 10.8. The molecule has 0 saturated carbocycles. The lowest BCUT2D eigenvalue weighted by Gasteiger charge is -2.33. The summed E-state index contributed by atoms with van der Waals surface area (Å²) in [5.41, 5.74) is 0.695. The van der Waals surface area contributed by atoms with Crippen molar-refractivity contribution in [3.05, 3.63) is 53.5 Å². The molecule has 2 aromatic rings. The van der Waals surface area contributed by atoms with Gasteiger partial charge in [-0.15, -0.1) is 0 Å². The van der Waals surface area contributed by atoms with Crippen molar-refractivity contribution in [2.24, 2.45) is 0 Å². The Morgan fingerprint density at radius 2 is 2.06 bits per heavy atom. The Morgan fingerprint density at radius 1 is 1.22 bits per heavy atom. The molecule has 1 aromatic heterocycles. The highest BCUT2D eigenvalue weighted by Crippen LogP contribution is 2.44. The first-order chi connectivity index (χ1) is 8.75. The molecule has 0 aliphatic heterocycles. The lowest BCUT2D eigenvalue weighted by Crippen LogP contribution is -2.31. The van der Waals surface area contributed by atoms with E-state index in [0.717, 1.165) is 29.7 Å². The van der Waals surface area contributed by atoms with Crippen LogP contribution in [0.15, 0.2) is 41.0 Å². The first kappa shape index (κ1) is 11.4. The van der Waals surface area contributed by atoms with Crippen LogP contribution in [-0.2, 0) is 12.0 Å². The molecule has 1 aromatic carbocycles. The van der Waals surface area contributed by atoms with E-state index in [4.69, 9.17) is 9.15 Å². The Kier molecular flexibility index (Phi) is 2.63. The van der Waals surface area contributed by atoms with Gasteiger partial charge in [0, 0.05) is 17.5 Å². The predicted molar refractivity (Wildman–Crippen MR) is 67.6 cm³/mol. The molecule has 0 radical (unpaired) electrons. The Balaban J connectivity index is 2.17. The summed E-state index contributed by atoms with van der Waals surface area (Å²) in [5.74, 6) is 1.60. The first-order valence-electron chi connectivity index (χ1n) is 6.18. The van der Waals surface area contributed by atoms with Crippen LogP contribution in [0, 0.1) is 0 Å². The van der Waals surface area contributed by atoms with Gasteiger partial charge in [0.05, 0.1) is 13.4 Å². The fraction of sp³-hybridized carbons (Fsp3) is 0.333. The molecule has 1 unspecified atom stereocenters. The van der Waals surface area contributed by atoms with Crippen LogP contribution in [0.3, 0.4) is 0 Å². The number of hydrogen-bond acceptors (Lipinski definition) is 3. The van der Waals surface area contributed by atoms with Crippen LogP contribution in [0.2, 0.25) is 0 Å². The minimum Gasteiger partial charge on any atom is -0.496 e. The number of benzene rings is 1. The van der Waals surface area contributed by atoms with Gasteiger partial charge in [-0.3, -0.25) is 0 Å². The van der Waals surface area contributed by atoms with Crippen molar-refractivity contribution in [1.29, 1.82) is 0 Å². The maximum absolute atomic E-state index is 11.1. The molecule has 1 aliphatic carbocycles. The summed E-state index contributed by atoms with van der Waals surface area (Å²) in [5, 5.41) is 11.1. The van der Waals surface area contributed by atoms with Gasteiger partial charge in [0.15, 0.2) is 0 Å². The second-order valence-electron chi connectivity index (χ2n) is 4.67. The predicted octanol–water partition coefficient (Wildman–Crippen LogP) is 2.86. The van der Waals surface area contributed by atoms with Crippen LogP contribution >= 0.6 is 0 Å². The van der Waals surface area contributed by atoms with E-state index < -0.39 is 5.60 Å². The van der Waals surface area contributed by atoms with Gasteiger partial charge in [0.2, 0.25) is 0 Å². The molecule has 1 N–H and O–H groups in total. The van der Waals surface area contributed by atoms with Crippen LogP contribution in [0.1, 0.15) is 29.7 Å². The SMILES string of the molecule is COc1ccccc1C1(O)CCCc2occc21. The number of para-hydroxylation sites is 1. The third-order valence-electron chi connectivity index (χ3n) is 3.69. The van der Waals surface area contributed by atoms with E-state index in [1.54, 1.807) is 13.4 Å². The van der Waals surface area contributed by atoms with Gasteiger partial charge in [0.25, 0.3) is 0 Å². The molecular weight excluding hydrogens is 228 g/mol. The minimum atomic E-state index is -0.993. The maximum Gasteiger partial charge on any atom is 0.125 e. The van der Waals surface area contributed by atoms with E-state index in [2.05, 4.69) is 0 Å². The molecule has 18 heavy (non-hydrogen) atoms.